The van der Waals surface area contributed by atoms with Gasteiger partial charge in [0.1, 0.15) is 6.33 Å². The van der Waals surface area contributed by atoms with E-state index in [-0.39, 0.29) is 0 Å². The van der Waals surface area contributed by atoms with E-state index >= 15 is 0 Å². The lowest BCUT2D eigenvalue weighted by Gasteiger charge is -1.97. The minimum absolute atomic E-state index is 0.660. The summed E-state index contributed by atoms with van der Waals surface area (Å²) in [6.07, 6.45) is 6.00. The highest BCUT2D eigenvalue weighted by Crippen LogP contribution is 2.02. The van der Waals surface area contributed by atoms with Crippen LogP contribution in [0.3, 0.4) is 0 Å². The van der Waals surface area contributed by atoms with E-state index in [0.29, 0.717) is 6.61 Å². The maximum absolute atomic E-state index is 5.08. The highest BCUT2D eigenvalue weighted by molar-refractivity contribution is 5.09. The van der Waals surface area contributed by atoms with Crippen LogP contribution in [0.1, 0.15) is 27.2 Å². The first-order valence-electron chi connectivity index (χ1n) is 4.22. The zero-order valence-corrected chi connectivity index (χ0v) is 7.95. The molecule has 0 aromatic carbocycles. The molecule has 0 saturated heterocycles. The van der Waals surface area contributed by atoms with Gasteiger partial charge in [0.15, 0.2) is 5.75 Å². The van der Waals surface area contributed by atoms with Crippen LogP contribution in [0.4, 0.5) is 0 Å². The minimum atomic E-state index is 0.660. The van der Waals surface area contributed by atoms with E-state index in [1.54, 1.807) is 12.4 Å². The van der Waals surface area contributed by atoms with Gasteiger partial charge in [-0.2, -0.15) is 0 Å². The Hall–Kier alpha value is -1.12. The predicted molar refractivity (Wildman–Crippen MR) is 49.2 cm³/mol. The Morgan fingerprint density at radius 1 is 1.17 bits per heavy atom. The smallest absolute Gasteiger partial charge is 0.155 e. The number of aromatic nitrogens is 2. The molecular weight excluding hydrogens is 152 g/mol. The van der Waals surface area contributed by atoms with Crippen molar-refractivity contribution >= 4 is 0 Å². The average molecular weight is 168 g/mol. The molecule has 0 fully saturated rings. The Labute approximate surface area is 73.8 Å². The first-order chi connectivity index (χ1) is 5.85. The van der Waals surface area contributed by atoms with Crippen LogP contribution in [0.5, 0.6) is 5.75 Å². The fourth-order valence-corrected chi connectivity index (χ4v) is 0.527. The van der Waals surface area contributed by atoms with Gasteiger partial charge in [-0.15, -0.1) is 0 Å². The molecule has 0 amide bonds. The zero-order chi connectivity index (χ0) is 9.23. The lowest BCUT2D eigenvalue weighted by molar-refractivity contribution is 0.337. The van der Waals surface area contributed by atoms with Gasteiger partial charge in [-0.1, -0.05) is 20.3 Å². The van der Waals surface area contributed by atoms with Gasteiger partial charge >= 0.3 is 0 Å². The maximum atomic E-state index is 5.08. The van der Waals surface area contributed by atoms with Gasteiger partial charge in [0, 0.05) is 0 Å². The monoisotopic (exact) mass is 168 g/mol. The van der Waals surface area contributed by atoms with Crippen LogP contribution in [0.15, 0.2) is 18.7 Å². The van der Waals surface area contributed by atoms with Crippen molar-refractivity contribution in [2.75, 3.05) is 6.61 Å². The normalized spacial score (nSPS) is 8.25. The number of hydrogen-bond acceptors (Lipinski definition) is 3. The van der Waals surface area contributed by atoms with Crippen LogP contribution >= 0.6 is 0 Å². The van der Waals surface area contributed by atoms with Crippen LogP contribution in [0.25, 0.3) is 0 Å². The topological polar surface area (TPSA) is 35.0 Å². The molecule has 1 aromatic rings. The summed E-state index contributed by atoms with van der Waals surface area (Å²) >= 11 is 0. The Kier molecular flexibility index (Phi) is 7.24. The van der Waals surface area contributed by atoms with Gasteiger partial charge in [-0.25, -0.2) is 9.97 Å². The number of ether oxygens (including phenoxy) is 1. The Morgan fingerprint density at radius 2 is 1.67 bits per heavy atom. The molecule has 0 bridgehead atoms. The van der Waals surface area contributed by atoms with Crippen molar-refractivity contribution in [1.29, 1.82) is 0 Å². The summed E-state index contributed by atoms with van der Waals surface area (Å²) in [5.74, 6) is 0.722. The third-order valence-electron chi connectivity index (χ3n) is 0.848. The summed E-state index contributed by atoms with van der Waals surface area (Å²) < 4.78 is 5.08. The minimum Gasteiger partial charge on any atom is -0.491 e. The van der Waals surface area contributed by atoms with Crippen molar-refractivity contribution in [2.45, 2.75) is 27.2 Å². The van der Waals surface area contributed by atoms with Crippen LogP contribution in [0, 0.1) is 0 Å². The number of rotatable bonds is 2. The third kappa shape index (κ3) is 5.65. The second-order valence-electron chi connectivity index (χ2n) is 2.21. The lowest BCUT2D eigenvalue weighted by atomic mass is 10.6. The second-order valence-corrected chi connectivity index (χ2v) is 2.21. The van der Waals surface area contributed by atoms with Crippen molar-refractivity contribution in [1.82, 2.24) is 9.97 Å². The summed E-state index contributed by atoms with van der Waals surface area (Å²) in [5.41, 5.74) is 0. The molecule has 0 aliphatic heterocycles. The first-order valence-corrected chi connectivity index (χ1v) is 4.22. The largest absolute Gasteiger partial charge is 0.491 e. The zero-order valence-electron chi connectivity index (χ0n) is 7.95. The molecule has 0 aliphatic rings. The van der Waals surface area contributed by atoms with E-state index in [1.165, 1.54) is 12.7 Å². The number of nitrogens with zero attached hydrogens (tertiary/aromatic N) is 2. The molecule has 0 saturated carbocycles. The maximum Gasteiger partial charge on any atom is 0.155 e. The molecule has 1 rings (SSSR count). The molecule has 0 unspecified atom stereocenters. The van der Waals surface area contributed by atoms with Crippen molar-refractivity contribution in [3.05, 3.63) is 18.7 Å². The number of hydrogen-bond donors (Lipinski definition) is 0. The van der Waals surface area contributed by atoms with Crippen LogP contribution in [-0.4, -0.2) is 16.6 Å². The van der Waals surface area contributed by atoms with Crippen molar-refractivity contribution < 1.29 is 4.74 Å². The van der Waals surface area contributed by atoms with E-state index in [9.17, 15) is 0 Å². The van der Waals surface area contributed by atoms with Gasteiger partial charge in [-0.05, 0) is 6.92 Å². The van der Waals surface area contributed by atoms with Gasteiger partial charge in [0.05, 0.1) is 19.0 Å². The predicted octanol–water partition coefficient (Wildman–Crippen LogP) is 2.29. The molecule has 0 spiro atoms. The van der Waals surface area contributed by atoms with Gasteiger partial charge in [0.2, 0.25) is 0 Å². The molecule has 0 N–H and O–H groups in total. The molecule has 3 heteroatoms. The first kappa shape index (κ1) is 10.9. The highest BCUT2D eigenvalue weighted by Gasteiger charge is 1.86. The third-order valence-corrected chi connectivity index (χ3v) is 0.848. The van der Waals surface area contributed by atoms with Crippen molar-refractivity contribution in [2.24, 2.45) is 0 Å². The van der Waals surface area contributed by atoms with E-state index in [1.807, 2.05) is 6.92 Å². The summed E-state index contributed by atoms with van der Waals surface area (Å²) in [6.45, 7) is 6.83. The average Bonchev–Trinajstić information content (AvgIpc) is 2.08. The Morgan fingerprint density at radius 3 is 2.08 bits per heavy atom. The van der Waals surface area contributed by atoms with Crippen molar-refractivity contribution in [3.8, 4) is 5.75 Å². The fraction of sp³-hybridized carbons (Fsp3) is 0.556. The molecule has 1 heterocycles. The van der Waals surface area contributed by atoms with Crippen molar-refractivity contribution in [3.63, 3.8) is 0 Å². The summed E-state index contributed by atoms with van der Waals surface area (Å²) in [5, 5.41) is 0. The van der Waals surface area contributed by atoms with Crippen LogP contribution in [-0.2, 0) is 0 Å². The Bertz CT molecular complexity index is 177. The Balaban J connectivity index is 0.000000354. The fourth-order valence-electron chi connectivity index (χ4n) is 0.527. The van der Waals surface area contributed by atoms with Crippen LogP contribution < -0.4 is 4.74 Å². The molecular formula is C9H16N2O. The molecule has 12 heavy (non-hydrogen) atoms. The van der Waals surface area contributed by atoms with E-state index in [2.05, 4.69) is 23.8 Å². The molecule has 1 aromatic heterocycles. The summed E-state index contributed by atoms with van der Waals surface area (Å²) in [7, 11) is 0. The van der Waals surface area contributed by atoms with E-state index in [0.717, 1.165) is 5.75 Å². The SMILES string of the molecule is CCC.CCOc1cncnc1. The van der Waals surface area contributed by atoms with E-state index < -0.39 is 0 Å². The molecule has 3 nitrogen and oxygen atoms in total. The second kappa shape index (κ2) is 7.98. The highest BCUT2D eigenvalue weighted by atomic mass is 16.5. The van der Waals surface area contributed by atoms with Crippen LogP contribution in [0.2, 0.25) is 0 Å². The quantitative estimate of drug-likeness (QED) is 0.679. The lowest BCUT2D eigenvalue weighted by Crippen LogP contribution is -1.91. The standard InChI is InChI=1S/C6H8N2O.C3H8/c1-2-9-6-3-7-5-8-4-6;1-3-2/h3-5H,2H2,1H3;3H2,1-2H3. The van der Waals surface area contributed by atoms with Gasteiger partial charge < -0.3 is 4.74 Å². The molecule has 0 atom stereocenters. The molecule has 0 aliphatic carbocycles. The van der Waals surface area contributed by atoms with Gasteiger partial charge in [0.25, 0.3) is 0 Å². The molecule has 68 valence electrons. The summed E-state index contributed by atoms with van der Waals surface area (Å²) in [6, 6.07) is 0. The summed E-state index contributed by atoms with van der Waals surface area (Å²) in [4.78, 5) is 7.53. The molecule has 0 radical (unpaired) electrons. The van der Waals surface area contributed by atoms with E-state index in [4.69, 9.17) is 4.74 Å². The van der Waals surface area contributed by atoms with Gasteiger partial charge in [-0.3, -0.25) is 0 Å².